The second-order valence-corrected chi connectivity index (χ2v) is 3.23. The molecule has 0 aliphatic rings. The van der Waals surface area contributed by atoms with Crippen molar-refractivity contribution in [2.45, 2.75) is 38.6 Å². The van der Waals surface area contributed by atoms with E-state index in [2.05, 4.69) is 5.32 Å². The molecular formula is C9H19N3O2. The highest BCUT2D eigenvalue weighted by atomic mass is 16.2. The van der Waals surface area contributed by atoms with Crippen molar-refractivity contribution in [1.82, 2.24) is 5.32 Å². The van der Waals surface area contributed by atoms with E-state index in [0.717, 1.165) is 6.42 Å². The molecule has 5 N–H and O–H groups in total. The van der Waals surface area contributed by atoms with E-state index in [9.17, 15) is 9.59 Å². The number of carbonyl (C=O) groups is 2. The second kappa shape index (κ2) is 7.32. The Hall–Kier alpha value is -1.10. The smallest absolute Gasteiger partial charge is 0.236 e. The molecule has 0 aliphatic heterocycles. The van der Waals surface area contributed by atoms with E-state index in [0.29, 0.717) is 25.8 Å². The molecule has 0 aromatic rings. The Morgan fingerprint density at radius 1 is 1.36 bits per heavy atom. The summed E-state index contributed by atoms with van der Waals surface area (Å²) in [6.45, 7) is 2.41. The summed E-state index contributed by atoms with van der Waals surface area (Å²) >= 11 is 0. The highest BCUT2D eigenvalue weighted by molar-refractivity contribution is 5.81. The van der Waals surface area contributed by atoms with Crippen LogP contribution in [0.25, 0.3) is 0 Å². The molecule has 0 spiro atoms. The molecule has 0 radical (unpaired) electrons. The highest BCUT2D eigenvalue weighted by Gasteiger charge is 2.08. The van der Waals surface area contributed by atoms with Crippen molar-refractivity contribution in [3.63, 3.8) is 0 Å². The first-order valence-electron chi connectivity index (χ1n) is 4.89. The normalized spacial score (nSPS) is 12.1. The number of nitrogens with one attached hydrogen (secondary N) is 1. The molecule has 0 aliphatic carbocycles. The van der Waals surface area contributed by atoms with Crippen LogP contribution in [0.2, 0.25) is 0 Å². The minimum atomic E-state index is -0.425. The number of primary amides is 1. The first kappa shape index (κ1) is 12.9. The van der Waals surface area contributed by atoms with Crippen LogP contribution in [-0.2, 0) is 9.59 Å². The van der Waals surface area contributed by atoms with Gasteiger partial charge in [-0.3, -0.25) is 9.59 Å². The minimum absolute atomic E-state index is 0.133. The predicted molar refractivity (Wildman–Crippen MR) is 54.3 cm³/mol. The zero-order valence-electron chi connectivity index (χ0n) is 8.58. The average molecular weight is 201 g/mol. The first-order chi connectivity index (χ1) is 6.57. The van der Waals surface area contributed by atoms with Crippen molar-refractivity contribution >= 4 is 11.8 Å². The van der Waals surface area contributed by atoms with Crippen LogP contribution in [0.1, 0.15) is 32.6 Å². The lowest BCUT2D eigenvalue weighted by atomic mass is 10.2. The standard InChI is InChI=1S/C9H19N3O2/c1-2-7(10)9(14)12-6-4-3-5-8(11)13/h7H,2-6,10H2,1H3,(H2,11,13)(H,12,14)/t7-/m1/s1. The fourth-order valence-electron chi connectivity index (χ4n) is 0.952. The zero-order valence-corrected chi connectivity index (χ0v) is 8.58. The van der Waals surface area contributed by atoms with Crippen LogP contribution in [0.3, 0.4) is 0 Å². The number of rotatable bonds is 7. The lowest BCUT2D eigenvalue weighted by molar-refractivity contribution is -0.122. The number of nitrogens with two attached hydrogens (primary N) is 2. The maximum absolute atomic E-state index is 11.1. The lowest BCUT2D eigenvalue weighted by Crippen LogP contribution is -2.40. The Bertz CT molecular complexity index is 194. The van der Waals surface area contributed by atoms with Gasteiger partial charge in [0.15, 0.2) is 0 Å². The Morgan fingerprint density at radius 3 is 2.50 bits per heavy atom. The highest BCUT2D eigenvalue weighted by Crippen LogP contribution is 1.93. The van der Waals surface area contributed by atoms with Crippen LogP contribution in [0.15, 0.2) is 0 Å². The maximum Gasteiger partial charge on any atom is 0.236 e. The molecule has 0 saturated heterocycles. The average Bonchev–Trinajstić information content (AvgIpc) is 2.15. The van der Waals surface area contributed by atoms with Gasteiger partial charge in [-0.1, -0.05) is 6.92 Å². The molecule has 14 heavy (non-hydrogen) atoms. The van der Waals surface area contributed by atoms with Crippen LogP contribution < -0.4 is 16.8 Å². The molecule has 0 unspecified atom stereocenters. The van der Waals surface area contributed by atoms with Gasteiger partial charge in [-0.05, 0) is 19.3 Å². The summed E-state index contributed by atoms with van der Waals surface area (Å²) in [5.74, 6) is -0.437. The van der Waals surface area contributed by atoms with Gasteiger partial charge in [0.2, 0.25) is 11.8 Å². The van der Waals surface area contributed by atoms with Gasteiger partial charge in [-0.2, -0.15) is 0 Å². The van der Waals surface area contributed by atoms with E-state index in [1.54, 1.807) is 0 Å². The number of unbranched alkanes of at least 4 members (excludes halogenated alkanes) is 1. The summed E-state index contributed by atoms with van der Waals surface area (Å²) in [5, 5.41) is 2.69. The largest absolute Gasteiger partial charge is 0.370 e. The third kappa shape index (κ3) is 6.42. The van der Waals surface area contributed by atoms with Crippen LogP contribution in [0.4, 0.5) is 0 Å². The fourth-order valence-corrected chi connectivity index (χ4v) is 0.952. The number of hydrogen-bond donors (Lipinski definition) is 3. The Labute approximate surface area is 84.2 Å². The van der Waals surface area contributed by atoms with Gasteiger partial charge in [0, 0.05) is 13.0 Å². The van der Waals surface area contributed by atoms with Gasteiger partial charge in [0.1, 0.15) is 0 Å². The van der Waals surface area contributed by atoms with E-state index in [-0.39, 0.29) is 11.8 Å². The summed E-state index contributed by atoms with van der Waals surface area (Å²) < 4.78 is 0. The van der Waals surface area contributed by atoms with Crippen molar-refractivity contribution < 1.29 is 9.59 Å². The van der Waals surface area contributed by atoms with Crippen molar-refractivity contribution in [1.29, 1.82) is 0 Å². The first-order valence-corrected chi connectivity index (χ1v) is 4.89. The van der Waals surface area contributed by atoms with Gasteiger partial charge in [-0.15, -0.1) is 0 Å². The third-order valence-electron chi connectivity index (χ3n) is 1.93. The monoisotopic (exact) mass is 201 g/mol. The van der Waals surface area contributed by atoms with Crippen molar-refractivity contribution in [3.8, 4) is 0 Å². The zero-order chi connectivity index (χ0) is 11.0. The molecule has 0 aromatic carbocycles. The topological polar surface area (TPSA) is 98.2 Å². The van der Waals surface area contributed by atoms with E-state index < -0.39 is 6.04 Å². The molecule has 1 atom stereocenters. The van der Waals surface area contributed by atoms with Gasteiger partial charge in [-0.25, -0.2) is 0 Å². The van der Waals surface area contributed by atoms with E-state index >= 15 is 0 Å². The lowest BCUT2D eigenvalue weighted by Gasteiger charge is -2.09. The summed E-state index contributed by atoms with van der Waals surface area (Å²) in [6, 6.07) is -0.425. The summed E-state index contributed by atoms with van der Waals surface area (Å²) in [7, 11) is 0. The van der Waals surface area contributed by atoms with Crippen molar-refractivity contribution in [2.75, 3.05) is 6.54 Å². The van der Waals surface area contributed by atoms with Gasteiger partial charge >= 0.3 is 0 Å². The molecule has 0 aromatic heterocycles. The van der Waals surface area contributed by atoms with Crippen molar-refractivity contribution in [2.24, 2.45) is 11.5 Å². The maximum atomic E-state index is 11.1. The quantitative estimate of drug-likeness (QED) is 0.484. The van der Waals surface area contributed by atoms with Crippen LogP contribution in [0.5, 0.6) is 0 Å². The predicted octanol–water partition coefficient (Wildman–Crippen LogP) is -0.505. The molecule has 82 valence electrons. The molecule has 0 fully saturated rings. The van der Waals surface area contributed by atoms with Gasteiger partial charge < -0.3 is 16.8 Å². The van der Waals surface area contributed by atoms with Crippen molar-refractivity contribution in [3.05, 3.63) is 0 Å². The molecular weight excluding hydrogens is 182 g/mol. The number of hydrogen-bond acceptors (Lipinski definition) is 3. The third-order valence-corrected chi connectivity index (χ3v) is 1.93. The Balaban J connectivity index is 3.36. The molecule has 5 nitrogen and oxygen atoms in total. The summed E-state index contributed by atoms with van der Waals surface area (Å²) in [5.41, 5.74) is 10.5. The molecule has 0 bridgehead atoms. The summed E-state index contributed by atoms with van der Waals surface area (Å²) in [4.78, 5) is 21.5. The van der Waals surface area contributed by atoms with Gasteiger partial charge in [0.05, 0.1) is 6.04 Å². The van der Waals surface area contributed by atoms with Crippen LogP contribution >= 0.6 is 0 Å². The van der Waals surface area contributed by atoms with E-state index in [4.69, 9.17) is 11.5 Å². The molecule has 0 saturated carbocycles. The molecule has 5 heteroatoms. The molecule has 2 amide bonds. The summed E-state index contributed by atoms with van der Waals surface area (Å²) in [6.07, 6.45) is 2.46. The van der Waals surface area contributed by atoms with Crippen LogP contribution in [0, 0.1) is 0 Å². The minimum Gasteiger partial charge on any atom is -0.370 e. The van der Waals surface area contributed by atoms with E-state index in [1.807, 2.05) is 6.92 Å². The van der Waals surface area contributed by atoms with Crippen LogP contribution in [-0.4, -0.2) is 24.4 Å². The Morgan fingerprint density at radius 2 is 2.00 bits per heavy atom. The number of amides is 2. The molecule has 0 rings (SSSR count). The number of carbonyl (C=O) groups excluding carboxylic acids is 2. The fraction of sp³-hybridized carbons (Fsp3) is 0.778. The molecule has 0 heterocycles. The second-order valence-electron chi connectivity index (χ2n) is 3.23. The van der Waals surface area contributed by atoms with Gasteiger partial charge in [0.25, 0.3) is 0 Å². The SMILES string of the molecule is CC[C@@H](N)C(=O)NCCCCC(N)=O. The van der Waals surface area contributed by atoms with E-state index in [1.165, 1.54) is 0 Å². The Kier molecular flexibility index (Phi) is 6.74.